The number of allylic oxidation sites excluding steroid dienone is 1. The Kier molecular flexibility index (Phi) is 3.68. The maximum atomic E-state index is 12.1. The van der Waals surface area contributed by atoms with Gasteiger partial charge in [0.1, 0.15) is 11.4 Å². The highest BCUT2D eigenvalue weighted by Gasteiger charge is 2.48. The largest absolute Gasteiger partial charge is 0.508 e. The van der Waals surface area contributed by atoms with Gasteiger partial charge in [-0.2, -0.15) is 0 Å². The van der Waals surface area contributed by atoms with E-state index in [0.717, 1.165) is 18.4 Å². The molecular formula is C18H20O3. The molecule has 0 heterocycles. The Morgan fingerprint density at radius 3 is 2.81 bits per heavy atom. The number of rotatable bonds is 4. The van der Waals surface area contributed by atoms with E-state index >= 15 is 0 Å². The summed E-state index contributed by atoms with van der Waals surface area (Å²) in [4.78, 5) is 12.1. The number of benzene rings is 1. The molecule has 0 unspecified atom stereocenters. The predicted molar refractivity (Wildman–Crippen MR) is 80.8 cm³/mol. The van der Waals surface area contributed by atoms with Crippen LogP contribution in [0.4, 0.5) is 0 Å². The maximum absolute atomic E-state index is 12.1. The summed E-state index contributed by atoms with van der Waals surface area (Å²) in [6, 6.07) is 9.82. The minimum Gasteiger partial charge on any atom is -0.508 e. The lowest BCUT2D eigenvalue weighted by Crippen LogP contribution is -2.30. The first-order valence-corrected chi connectivity index (χ1v) is 7.44. The fraction of sp³-hybridized carbons (Fsp3) is 0.389. The molecule has 1 saturated carbocycles. The fourth-order valence-corrected chi connectivity index (χ4v) is 3.39. The van der Waals surface area contributed by atoms with Crippen molar-refractivity contribution in [3.63, 3.8) is 0 Å². The van der Waals surface area contributed by atoms with Crippen LogP contribution in [-0.2, 0) is 16.1 Å². The molecule has 1 aromatic rings. The first kappa shape index (κ1) is 14.1. The Hall–Kier alpha value is -1.87. The number of aliphatic hydroxyl groups excluding tert-OH is 1. The molecule has 3 heteroatoms. The van der Waals surface area contributed by atoms with Gasteiger partial charge in [0.2, 0.25) is 0 Å². The van der Waals surface area contributed by atoms with Gasteiger partial charge in [0.05, 0.1) is 6.61 Å². The third-order valence-corrected chi connectivity index (χ3v) is 4.54. The summed E-state index contributed by atoms with van der Waals surface area (Å²) in [6.07, 6.45) is 4.63. The Labute approximate surface area is 124 Å². The molecule has 0 amide bonds. The zero-order valence-electron chi connectivity index (χ0n) is 12.0. The van der Waals surface area contributed by atoms with Gasteiger partial charge < -0.3 is 9.84 Å². The van der Waals surface area contributed by atoms with Gasteiger partial charge in [0, 0.05) is 12.0 Å². The van der Waals surface area contributed by atoms with Crippen LogP contribution in [0.1, 0.15) is 31.2 Å². The second kappa shape index (κ2) is 5.49. The molecule has 2 atom stereocenters. The number of hydrogen-bond donors (Lipinski definition) is 1. The van der Waals surface area contributed by atoms with Gasteiger partial charge in [-0.15, -0.1) is 0 Å². The number of hydrogen-bond acceptors (Lipinski definition) is 3. The lowest BCUT2D eigenvalue weighted by molar-refractivity contribution is -0.117. The molecule has 0 spiro atoms. The normalized spacial score (nSPS) is 28.6. The van der Waals surface area contributed by atoms with Crippen LogP contribution >= 0.6 is 0 Å². The molecule has 2 aliphatic rings. The minimum absolute atomic E-state index is 0.0655. The molecule has 110 valence electrons. The van der Waals surface area contributed by atoms with E-state index in [2.05, 4.69) is 6.58 Å². The number of ether oxygens (including phenoxy) is 1. The summed E-state index contributed by atoms with van der Waals surface area (Å²) < 4.78 is 6.00. The van der Waals surface area contributed by atoms with E-state index < -0.39 is 5.60 Å². The Morgan fingerprint density at radius 1 is 1.38 bits per heavy atom. The Bertz CT molecular complexity index is 588. The molecule has 2 aliphatic carbocycles. The van der Waals surface area contributed by atoms with Crippen molar-refractivity contribution in [1.29, 1.82) is 0 Å². The summed E-state index contributed by atoms with van der Waals surface area (Å²) >= 11 is 0. The third kappa shape index (κ3) is 2.42. The van der Waals surface area contributed by atoms with Crippen LogP contribution < -0.4 is 0 Å². The molecular weight excluding hydrogens is 264 g/mol. The van der Waals surface area contributed by atoms with Crippen molar-refractivity contribution in [3.05, 3.63) is 59.9 Å². The first-order valence-electron chi connectivity index (χ1n) is 7.44. The molecule has 3 nitrogen and oxygen atoms in total. The van der Waals surface area contributed by atoms with Gasteiger partial charge in [-0.1, -0.05) is 43.0 Å². The van der Waals surface area contributed by atoms with Gasteiger partial charge in [-0.3, -0.25) is 4.79 Å². The third-order valence-electron chi connectivity index (χ3n) is 4.54. The van der Waals surface area contributed by atoms with Crippen molar-refractivity contribution < 1.29 is 14.6 Å². The minimum atomic E-state index is -0.907. The first-order chi connectivity index (χ1) is 10.2. The van der Waals surface area contributed by atoms with Crippen LogP contribution in [0, 0.1) is 5.92 Å². The van der Waals surface area contributed by atoms with E-state index in [9.17, 15) is 9.90 Å². The van der Waals surface area contributed by atoms with Crippen LogP contribution in [0.15, 0.2) is 54.3 Å². The average molecular weight is 284 g/mol. The summed E-state index contributed by atoms with van der Waals surface area (Å²) in [7, 11) is 0. The van der Waals surface area contributed by atoms with Crippen molar-refractivity contribution >= 4 is 5.78 Å². The van der Waals surface area contributed by atoms with Crippen molar-refractivity contribution in [3.8, 4) is 0 Å². The van der Waals surface area contributed by atoms with E-state index in [1.165, 1.54) is 0 Å². The van der Waals surface area contributed by atoms with Crippen LogP contribution in [-0.4, -0.2) is 16.5 Å². The molecule has 0 radical (unpaired) electrons. The molecule has 1 aromatic carbocycles. The topological polar surface area (TPSA) is 46.5 Å². The average Bonchev–Trinajstić information content (AvgIpc) is 2.81. The van der Waals surface area contributed by atoms with Crippen molar-refractivity contribution in [1.82, 2.24) is 0 Å². The molecule has 3 rings (SSSR count). The van der Waals surface area contributed by atoms with Gasteiger partial charge >= 0.3 is 0 Å². The van der Waals surface area contributed by atoms with E-state index in [1.54, 1.807) is 6.08 Å². The maximum Gasteiger partial charge on any atom is 0.162 e. The Balaban J connectivity index is 1.84. The molecule has 1 N–H and O–H groups in total. The van der Waals surface area contributed by atoms with Crippen LogP contribution in [0.3, 0.4) is 0 Å². The quantitative estimate of drug-likeness (QED) is 0.857. The van der Waals surface area contributed by atoms with Gasteiger partial charge in [0.25, 0.3) is 0 Å². The highest BCUT2D eigenvalue weighted by atomic mass is 16.5. The Morgan fingerprint density at radius 2 is 2.14 bits per heavy atom. The highest BCUT2D eigenvalue weighted by Crippen LogP contribution is 2.47. The van der Waals surface area contributed by atoms with E-state index in [-0.39, 0.29) is 17.5 Å². The van der Waals surface area contributed by atoms with Crippen LogP contribution in [0.2, 0.25) is 0 Å². The van der Waals surface area contributed by atoms with Crippen LogP contribution in [0.5, 0.6) is 0 Å². The van der Waals surface area contributed by atoms with Gasteiger partial charge in [0.15, 0.2) is 5.78 Å². The number of carbonyl (C=O) groups is 1. The van der Waals surface area contributed by atoms with Crippen molar-refractivity contribution in [2.45, 2.75) is 37.9 Å². The smallest absolute Gasteiger partial charge is 0.162 e. The fourth-order valence-electron chi connectivity index (χ4n) is 3.39. The standard InChI is InChI=1S/C18H20O3/c1-2-18(21-12-13-7-4-3-5-8-13)11-14-9-6-10-15(19)16(14)17(18)20/h2-5,7-8,14,20H,1,6,9-12H2/t14-,18-/m0/s1. The zero-order chi connectivity index (χ0) is 14.9. The summed E-state index contributed by atoms with van der Waals surface area (Å²) in [5.41, 5.74) is 0.711. The highest BCUT2D eigenvalue weighted by molar-refractivity contribution is 5.98. The van der Waals surface area contributed by atoms with Crippen LogP contribution in [0.25, 0.3) is 0 Å². The van der Waals surface area contributed by atoms with E-state index in [0.29, 0.717) is 25.0 Å². The lowest BCUT2D eigenvalue weighted by atomic mass is 9.84. The molecule has 0 aliphatic heterocycles. The molecule has 0 aromatic heterocycles. The molecule has 0 saturated heterocycles. The van der Waals surface area contributed by atoms with E-state index in [1.807, 2.05) is 30.3 Å². The predicted octanol–water partition coefficient (Wildman–Crippen LogP) is 3.71. The van der Waals surface area contributed by atoms with Crippen molar-refractivity contribution in [2.75, 3.05) is 0 Å². The second-order valence-electron chi connectivity index (χ2n) is 5.85. The number of fused-ring (bicyclic) bond motifs is 1. The summed E-state index contributed by atoms with van der Waals surface area (Å²) in [6.45, 7) is 4.22. The SMILES string of the molecule is C=C[C@]1(OCc2ccccc2)C[C@@H]2CCCC(=O)C2=C1O. The summed E-state index contributed by atoms with van der Waals surface area (Å²) in [5, 5.41) is 10.5. The number of Topliss-reactive ketones (excluding diaryl/α,β-unsaturated/α-hetero) is 1. The lowest BCUT2D eigenvalue weighted by Gasteiger charge is -2.27. The molecule has 0 bridgehead atoms. The van der Waals surface area contributed by atoms with Crippen molar-refractivity contribution in [2.24, 2.45) is 5.92 Å². The van der Waals surface area contributed by atoms with Gasteiger partial charge in [-0.25, -0.2) is 0 Å². The number of carbonyl (C=O) groups excluding carboxylic acids is 1. The number of ketones is 1. The second-order valence-corrected chi connectivity index (χ2v) is 5.85. The zero-order valence-corrected chi connectivity index (χ0v) is 12.0. The monoisotopic (exact) mass is 284 g/mol. The van der Waals surface area contributed by atoms with E-state index in [4.69, 9.17) is 4.74 Å². The molecule has 21 heavy (non-hydrogen) atoms. The molecule has 1 fully saturated rings. The van der Waals surface area contributed by atoms with Gasteiger partial charge in [-0.05, 0) is 30.7 Å². The number of aliphatic hydroxyl groups is 1. The summed E-state index contributed by atoms with van der Waals surface area (Å²) in [5.74, 6) is 0.263.